The first-order valence-corrected chi connectivity index (χ1v) is 9.17. The van der Waals surface area contributed by atoms with Gasteiger partial charge in [-0.1, -0.05) is 32.4 Å². The van der Waals surface area contributed by atoms with Gasteiger partial charge in [0.2, 0.25) is 0 Å². The van der Waals surface area contributed by atoms with E-state index in [2.05, 4.69) is 20.4 Å². The Morgan fingerprint density at radius 2 is 1.90 bits per heavy atom. The van der Waals surface area contributed by atoms with E-state index in [0.717, 1.165) is 18.3 Å². The third-order valence-electron chi connectivity index (χ3n) is 8.49. The monoisotopic (exact) mass is 290 g/mol. The third kappa shape index (κ3) is 1.72. The largest absolute Gasteiger partial charge is 0.250 e. The van der Waals surface area contributed by atoms with E-state index in [0.29, 0.717) is 16.7 Å². The topological polar surface area (TPSA) is 0 Å². The fourth-order valence-corrected chi connectivity index (χ4v) is 7.65. The molecule has 1 heteroatoms. The van der Waals surface area contributed by atoms with Gasteiger partial charge in [0.15, 0.2) is 0 Å². The van der Waals surface area contributed by atoms with Crippen LogP contribution in [0.1, 0.15) is 71.6 Å². The summed E-state index contributed by atoms with van der Waals surface area (Å²) in [6.07, 6.45) is 11.8. The van der Waals surface area contributed by atoms with E-state index in [1.54, 1.807) is 5.57 Å². The average molecular weight is 290 g/mol. The molecule has 0 heterocycles. The molecule has 118 valence electrons. The van der Waals surface area contributed by atoms with Crippen molar-refractivity contribution >= 4 is 0 Å². The normalized spacial score (nSPS) is 56.0. The molecule has 0 nitrogen and oxygen atoms in total. The summed E-state index contributed by atoms with van der Waals surface area (Å²) in [5.41, 5.74) is 2.46. The molecule has 0 saturated heterocycles. The van der Waals surface area contributed by atoms with Gasteiger partial charge in [0.05, 0.1) is 6.67 Å². The van der Waals surface area contributed by atoms with Crippen LogP contribution in [0.25, 0.3) is 0 Å². The standard InChI is InChI=1S/C20H31F/c1-14-11-20-10-7-16-18(2,13-21)8-4-9-19(16,3)17(20)6-5-15(14)12-20/h15-17H,1,4-13H2,2-3H3/t15-,16+,17-,18-,19+,20+/m0/s1. The minimum absolute atomic E-state index is 0.0406. The summed E-state index contributed by atoms with van der Waals surface area (Å²) < 4.78 is 13.9. The summed E-state index contributed by atoms with van der Waals surface area (Å²) in [6, 6.07) is 0. The maximum Gasteiger partial charge on any atom is 0.0950 e. The smallest absolute Gasteiger partial charge is 0.0950 e. The highest BCUT2D eigenvalue weighted by Gasteiger charge is 2.63. The van der Waals surface area contributed by atoms with Gasteiger partial charge in [-0.15, -0.1) is 0 Å². The van der Waals surface area contributed by atoms with Crippen molar-refractivity contribution in [1.82, 2.24) is 0 Å². The second-order valence-electron chi connectivity index (χ2n) is 9.47. The molecule has 0 amide bonds. The predicted octanol–water partition coefficient (Wildman–Crippen LogP) is 5.93. The van der Waals surface area contributed by atoms with Crippen LogP contribution in [0.15, 0.2) is 12.2 Å². The molecular weight excluding hydrogens is 259 g/mol. The van der Waals surface area contributed by atoms with E-state index in [4.69, 9.17) is 0 Å². The van der Waals surface area contributed by atoms with Gasteiger partial charge in [-0.3, -0.25) is 4.39 Å². The van der Waals surface area contributed by atoms with Gasteiger partial charge in [-0.2, -0.15) is 0 Å². The summed E-state index contributed by atoms with van der Waals surface area (Å²) in [7, 11) is 0. The van der Waals surface area contributed by atoms with Crippen molar-refractivity contribution in [2.24, 2.45) is 34.0 Å². The third-order valence-corrected chi connectivity index (χ3v) is 8.49. The maximum atomic E-state index is 13.9. The van der Waals surface area contributed by atoms with Crippen LogP contribution in [0.5, 0.6) is 0 Å². The van der Waals surface area contributed by atoms with Gasteiger partial charge >= 0.3 is 0 Å². The van der Waals surface area contributed by atoms with Crippen LogP contribution >= 0.6 is 0 Å². The van der Waals surface area contributed by atoms with Crippen molar-refractivity contribution in [1.29, 1.82) is 0 Å². The van der Waals surface area contributed by atoms with Crippen LogP contribution in [0.2, 0.25) is 0 Å². The Kier molecular flexibility index (Phi) is 2.96. The molecule has 4 aliphatic rings. The van der Waals surface area contributed by atoms with Crippen LogP contribution in [0, 0.1) is 34.0 Å². The lowest BCUT2D eigenvalue weighted by Gasteiger charge is -2.64. The maximum absolute atomic E-state index is 13.9. The lowest BCUT2D eigenvalue weighted by molar-refractivity contribution is -0.153. The Morgan fingerprint density at radius 3 is 2.67 bits per heavy atom. The minimum Gasteiger partial charge on any atom is -0.250 e. The molecule has 21 heavy (non-hydrogen) atoms. The SMILES string of the molecule is C=C1C[C@@]23CC[C@@H]4[C@](C)(CF)CCC[C@@]4(C)[C@@H]2CC[C@H]1C3. The molecule has 4 fully saturated rings. The van der Waals surface area contributed by atoms with Crippen LogP contribution < -0.4 is 0 Å². The molecule has 0 aliphatic heterocycles. The molecule has 4 saturated carbocycles. The number of hydrogen-bond acceptors (Lipinski definition) is 0. The van der Waals surface area contributed by atoms with Crippen LogP contribution in [0.3, 0.4) is 0 Å². The van der Waals surface area contributed by atoms with Crippen LogP contribution in [-0.2, 0) is 0 Å². The van der Waals surface area contributed by atoms with E-state index in [-0.39, 0.29) is 12.1 Å². The van der Waals surface area contributed by atoms with Gasteiger partial charge in [0, 0.05) is 0 Å². The minimum atomic E-state index is -0.109. The Labute approximate surface area is 129 Å². The van der Waals surface area contributed by atoms with Crippen molar-refractivity contribution in [3.8, 4) is 0 Å². The van der Waals surface area contributed by atoms with Crippen molar-refractivity contribution in [2.45, 2.75) is 71.6 Å². The second-order valence-corrected chi connectivity index (χ2v) is 9.47. The quantitative estimate of drug-likeness (QED) is 0.525. The summed E-state index contributed by atoms with van der Waals surface area (Å²) in [6.45, 7) is 9.07. The number of fused-ring (bicyclic) bond motifs is 3. The Bertz CT molecular complexity index is 468. The average Bonchev–Trinajstić information content (AvgIpc) is 2.68. The number of alkyl halides is 1. The number of halogens is 1. The highest BCUT2D eigenvalue weighted by Crippen LogP contribution is 2.72. The van der Waals surface area contributed by atoms with Crippen LogP contribution in [0.4, 0.5) is 4.39 Å². The second kappa shape index (κ2) is 4.36. The van der Waals surface area contributed by atoms with Gasteiger partial charge in [0.1, 0.15) is 0 Å². The molecular formula is C20H31F. The van der Waals surface area contributed by atoms with Crippen molar-refractivity contribution < 1.29 is 4.39 Å². The fourth-order valence-electron chi connectivity index (χ4n) is 7.65. The number of allylic oxidation sites excluding steroid dienone is 1. The summed E-state index contributed by atoms with van der Waals surface area (Å²) in [5, 5.41) is 0. The lowest BCUT2D eigenvalue weighted by atomic mass is 9.41. The van der Waals surface area contributed by atoms with Gasteiger partial charge in [0.25, 0.3) is 0 Å². The van der Waals surface area contributed by atoms with Crippen molar-refractivity contribution in [3.63, 3.8) is 0 Å². The zero-order chi connectivity index (χ0) is 14.9. The van der Waals surface area contributed by atoms with Crippen molar-refractivity contribution in [3.05, 3.63) is 12.2 Å². The van der Waals surface area contributed by atoms with Gasteiger partial charge < -0.3 is 0 Å². The first-order valence-electron chi connectivity index (χ1n) is 9.17. The van der Waals surface area contributed by atoms with Gasteiger partial charge in [-0.25, -0.2) is 0 Å². The number of rotatable bonds is 1. The first-order chi connectivity index (χ1) is 9.94. The summed E-state index contributed by atoms with van der Waals surface area (Å²) >= 11 is 0. The lowest BCUT2D eigenvalue weighted by Crippen LogP contribution is -2.56. The Hall–Kier alpha value is -0.330. The van der Waals surface area contributed by atoms with E-state index in [1.165, 1.54) is 51.4 Å². The molecule has 0 aromatic heterocycles. The van der Waals surface area contributed by atoms with E-state index < -0.39 is 0 Å². The molecule has 1 spiro atoms. The highest BCUT2D eigenvalue weighted by atomic mass is 19.1. The molecule has 0 aromatic carbocycles. The zero-order valence-corrected chi connectivity index (χ0v) is 13.9. The molecule has 0 N–H and O–H groups in total. The molecule has 2 bridgehead atoms. The fraction of sp³-hybridized carbons (Fsp3) is 0.900. The zero-order valence-electron chi connectivity index (χ0n) is 13.9. The van der Waals surface area contributed by atoms with Gasteiger partial charge in [-0.05, 0) is 85.4 Å². The molecule has 0 unspecified atom stereocenters. The van der Waals surface area contributed by atoms with E-state index >= 15 is 0 Å². The molecule has 6 atom stereocenters. The molecule has 0 radical (unpaired) electrons. The van der Waals surface area contributed by atoms with E-state index in [9.17, 15) is 4.39 Å². The highest BCUT2D eigenvalue weighted by molar-refractivity contribution is 5.22. The first kappa shape index (κ1) is 14.3. The Balaban J connectivity index is 1.73. The predicted molar refractivity (Wildman–Crippen MR) is 85.8 cm³/mol. The Morgan fingerprint density at radius 1 is 1.10 bits per heavy atom. The molecule has 4 aliphatic carbocycles. The summed E-state index contributed by atoms with van der Waals surface area (Å²) in [4.78, 5) is 0. The van der Waals surface area contributed by atoms with Crippen LogP contribution in [-0.4, -0.2) is 6.67 Å². The molecule has 0 aromatic rings. The molecule has 4 rings (SSSR count). The van der Waals surface area contributed by atoms with Crippen molar-refractivity contribution in [2.75, 3.05) is 6.67 Å². The van der Waals surface area contributed by atoms with E-state index in [1.807, 2.05) is 0 Å². The summed E-state index contributed by atoms with van der Waals surface area (Å²) in [5.74, 6) is 2.27. The number of hydrogen-bond donors (Lipinski definition) is 0.